The van der Waals surface area contributed by atoms with Crippen molar-refractivity contribution in [3.8, 4) is 0 Å². The fourth-order valence-corrected chi connectivity index (χ4v) is 3.56. The van der Waals surface area contributed by atoms with Crippen LogP contribution >= 0.6 is 0 Å². The summed E-state index contributed by atoms with van der Waals surface area (Å²) < 4.78 is 0. The van der Waals surface area contributed by atoms with Crippen molar-refractivity contribution in [2.75, 3.05) is 5.32 Å². The smallest absolute Gasteiger partial charge is 0.229 e. The van der Waals surface area contributed by atoms with Gasteiger partial charge in [0.1, 0.15) is 0 Å². The third-order valence-electron chi connectivity index (χ3n) is 5.05. The van der Waals surface area contributed by atoms with Crippen LogP contribution in [0.3, 0.4) is 0 Å². The minimum absolute atomic E-state index is 0.0528. The number of hydrogen-bond acceptors (Lipinski definition) is 4. The third-order valence-corrected chi connectivity index (χ3v) is 5.05. The summed E-state index contributed by atoms with van der Waals surface area (Å²) in [6, 6.07) is 19.9. The van der Waals surface area contributed by atoms with Crippen LogP contribution in [0.25, 0.3) is 0 Å². The number of benzene rings is 2. The second kappa shape index (κ2) is 8.13. The van der Waals surface area contributed by atoms with E-state index in [0.29, 0.717) is 36.9 Å². The molecule has 3 aromatic rings. The number of carbonyl (C=O) groups excluding carboxylic acids is 2. The number of Topliss-reactive ketones (excluding diaryl/α,β-unsaturated/α-hetero) is 1. The molecular formula is C23H21N3O2. The van der Waals surface area contributed by atoms with Gasteiger partial charge in [0, 0.05) is 19.0 Å². The highest BCUT2D eigenvalue weighted by Gasteiger charge is 2.28. The zero-order valence-corrected chi connectivity index (χ0v) is 15.5. The number of nitrogens with zero attached hydrogens (tertiary/aromatic N) is 2. The summed E-state index contributed by atoms with van der Waals surface area (Å²) in [5, 5.41) is 2.76. The Morgan fingerprint density at radius 2 is 1.71 bits per heavy atom. The number of fused-ring (bicyclic) bond motifs is 1. The van der Waals surface area contributed by atoms with E-state index in [-0.39, 0.29) is 23.6 Å². The molecule has 0 spiro atoms. The van der Waals surface area contributed by atoms with Crippen LogP contribution in [0.15, 0.2) is 66.9 Å². The largest absolute Gasteiger partial charge is 0.295 e. The maximum atomic E-state index is 12.5. The third kappa shape index (κ3) is 4.14. The summed E-state index contributed by atoms with van der Waals surface area (Å²) in [5.41, 5.74) is 3.52. The standard InChI is InChI=1S/C23H21N3O2/c27-21-14-18(17-9-5-2-6-10-17)13-20-19(21)15-24-23(25-20)26-22(28)12-11-16-7-3-1-4-8-16/h1-10,15,18H,11-14H2,(H,24,25,26,28)/t18-/m1/s1. The predicted octanol–water partition coefficient (Wildman–Crippen LogP) is 3.96. The van der Waals surface area contributed by atoms with E-state index in [0.717, 1.165) is 11.1 Å². The first-order valence-corrected chi connectivity index (χ1v) is 9.47. The molecule has 2 aromatic carbocycles. The number of amides is 1. The molecule has 1 amide bonds. The first-order valence-electron chi connectivity index (χ1n) is 9.47. The van der Waals surface area contributed by atoms with E-state index in [1.54, 1.807) is 6.20 Å². The molecule has 0 aliphatic heterocycles. The monoisotopic (exact) mass is 371 g/mol. The predicted molar refractivity (Wildman–Crippen MR) is 107 cm³/mol. The van der Waals surface area contributed by atoms with Crippen LogP contribution in [-0.4, -0.2) is 21.7 Å². The molecule has 4 rings (SSSR count). The summed E-state index contributed by atoms with van der Waals surface area (Å²) in [4.78, 5) is 33.4. The van der Waals surface area contributed by atoms with Crippen molar-refractivity contribution >= 4 is 17.6 Å². The minimum atomic E-state index is -0.134. The fraction of sp³-hybridized carbons (Fsp3) is 0.217. The van der Waals surface area contributed by atoms with E-state index in [4.69, 9.17) is 0 Å². The summed E-state index contributed by atoms with van der Waals surface area (Å²) in [5.74, 6) is 0.290. The molecule has 0 saturated carbocycles. The lowest BCUT2D eigenvalue weighted by atomic mass is 9.82. The normalized spacial score (nSPS) is 15.7. The summed E-state index contributed by atoms with van der Waals surface area (Å²) >= 11 is 0. The van der Waals surface area contributed by atoms with Crippen molar-refractivity contribution in [1.82, 2.24) is 9.97 Å². The number of aromatic nitrogens is 2. The van der Waals surface area contributed by atoms with Crippen molar-refractivity contribution in [3.05, 3.63) is 89.2 Å². The Balaban J connectivity index is 1.44. The molecule has 5 heteroatoms. The van der Waals surface area contributed by atoms with Gasteiger partial charge in [0.2, 0.25) is 11.9 Å². The van der Waals surface area contributed by atoms with Gasteiger partial charge in [-0.15, -0.1) is 0 Å². The van der Waals surface area contributed by atoms with E-state index >= 15 is 0 Å². The highest BCUT2D eigenvalue weighted by Crippen LogP contribution is 2.31. The van der Waals surface area contributed by atoms with Crippen molar-refractivity contribution in [2.24, 2.45) is 0 Å². The van der Waals surface area contributed by atoms with Crippen LogP contribution in [0, 0.1) is 0 Å². The fourth-order valence-electron chi connectivity index (χ4n) is 3.56. The van der Waals surface area contributed by atoms with Crippen molar-refractivity contribution in [3.63, 3.8) is 0 Å². The Morgan fingerprint density at radius 1 is 1.00 bits per heavy atom. The van der Waals surface area contributed by atoms with Gasteiger partial charge in [0.15, 0.2) is 5.78 Å². The van der Waals surface area contributed by atoms with Gasteiger partial charge < -0.3 is 0 Å². The Kier molecular flexibility index (Phi) is 5.24. The Bertz CT molecular complexity index is 987. The molecule has 1 aliphatic rings. The quantitative estimate of drug-likeness (QED) is 0.737. The van der Waals surface area contributed by atoms with Crippen LogP contribution in [0.5, 0.6) is 0 Å². The zero-order valence-electron chi connectivity index (χ0n) is 15.5. The minimum Gasteiger partial charge on any atom is -0.295 e. The topological polar surface area (TPSA) is 72.0 Å². The van der Waals surface area contributed by atoms with E-state index in [1.165, 1.54) is 0 Å². The molecule has 5 nitrogen and oxygen atoms in total. The number of ketones is 1. The molecule has 28 heavy (non-hydrogen) atoms. The molecule has 0 fully saturated rings. The maximum Gasteiger partial charge on any atom is 0.229 e. The maximum absolute atomic E-state index is 12.5. The second-order valence-corrected chi connectivity index (χ2v) is 7.03. The van der Waals surface area contributed by atoms with E-state index in [9.17, 15) is 9.59 Å². The lowest BCUT2D eigenvalue weighted by Crippen LogP contribution is -2.22. The first-order chi connectivity index (χ1) is 13.7. The molecule has 1 atom stereocenters. The number of rotatable bonds is 5. The summed E-state index contributed by atoms with van der Waals surface area (Å²) in [7, 11) is 0. The molecule has 0 saturated heterocycles. The molecule has 1 N–H and O–H groups in total. The van der Waals surface area contributed by atoms with E-state index in [1.807, 2.05) is 60.7 Å². The number of aryl methyl sites for hydroxylation is 1. The molecule has 1 heterocycles. The van der Waals surface area contributed by atoms with E-state index < -0.39 is 0 Å². The van der Waals surface area contributed by atoms with Crippen LogP contribution in [-0.2, 0) is 17.6 Å². The number of hydrogen-bond donors (Lipinski definition) is 1. The molecule has 0 radical (unpaired) electrons. The van der Waals surface area contributed by atoms with Crippen molar-refractivity contribution < 1.29 is 9.59 Å². The lowest BCUT2D eigenvalue weighted by Gasteiger charge is -2.23. The van der Waals surface area contributed by atoms with Crippen molar-refractivity contribution in [2.45, 2.75) is 31.6 Å². The molecule has 0 bridgehead atoms. The Hall–Kier alpha value is -3.34. The summed E-state index contributed by atoms with van der Waals surface area (Å²) in [6.45, 7) is 0. The van der Waals surface area contributed by atoms with Crippen LogP contribution < -0.4 is 5.32 Å². The number of nitrogens with one attached hydrogen (secondary N) is 1. The van der Waals surface area contributed by atoms with Gasteiger partial charge in [0.05, 0.1) is 11.3 Å². The second-order valence-electron chi connectivity index (χ2n) is 7.03. The van der Waals surface area contributed by atoms with Crippen LogP contribution in [0.1, 0.15) is 45.9 Å². The van der Waals surface area contributed by atoms with Gasteiger partial charge in [-0.2, -0.15) is 0 Å². The summed E-state index contributed by atoms with van der Waals surface area (Å²) in [6.07, 6.45) is 3.69. The van der Waals surface area contributed by atoms with Crippen molar-refractivity contribution in [1.29, 1.82) is 0 Å². The average Bonchev–Trinajstić information content (AvgIpc) is 2.73. The molecule has 0 unspecified atom stereocenters. The SMILES string of the molecule is O=C(CCc1ccccc1)Nc1ncc2c(n1)C[C@@H](c1ccccc1)CC2=O. The highest BCUT2D eigenvalue weighted by atomic mass is 16.1. The first kappa shape index (κ1) is 18.0. The van der Waals surface area contributed by atoms with Gasteiger partial charge >= 0.3 is 0 Å². The van der Waals surface area contributed by atoms with Gasteiger partial charge in [0.25, 0.3) is 0 Å². The molecule has 1 aliphatic carbocycles. The van der Waals surface area contributed by atoms with Gasteiger partial charge in [-0.3, -0.25) is 14.9 Å². The molecule has 140 valence electrons. The average molecular weight is 371 g/mol. The molecule has 1 aromatic heterocycles. The van der Waals surface area contributed by atoms with Crippen LogP contribution in [0.2, 0.25) is 0 Å². The van der Waals surface area contributed by atoms with Crippen LogP contribution in [0.4, 0.5) is 5.95 Å². The van der Waals surface area contributed by atoms with E-state index in [2.05, 4.69) is 15.3 Å². The zero-order chi connectivity index (χ0) is 19.3. The van der Waals surface area contributed by atoms with Gasteiger partial charge in [-0.05, 0) is 29.9 Å². The van der Waals surface area contributed by atoms with Gasteiger partial charge in [-0.25, -0.2) is 9.97 Å². The Labute approximate surface area is 163 Å². The van der Waals surface area contributed by atoms with Gasteiger partial charge in [-0.1, -0.05) is 60.7 Å². The molecular weight excluding hydrogens is 350 g/mol. The highest BCUT2D eigenvalue weighted by molar-refractivity contribution is 5.98. The Morgan fingerprint density at radius 3 is 2.46 bits per heavy atom. The number of carbonyl (C=O) groups is 2. The number of anilines is 1. The lowest BCUT2D eigenvalue weighted by molar-refractivity contribution is -0.116.